The summed E-state index contributed by atoms with van der Waals surface area (Å²) in [5.41, 5.74) is -0.160. The van der Waals surface area contributed by atoms with Crippen molar-refractivity contribution in [3.63, 3.8) is 0 Å². The Morgan fingerprint density at radius 3 is 2.61 bits per heavy atom. The second kappa shape index (κ2) is 6.26. The molecule has 2 amide bonds. The quantitative estimate of drug-likeness (QED) is 0.639. The Morgan fingerprint density at radius 2 is 2.09 bits per heavy atom. The van der Waals surface area contributed by atoms with Crippen molar-refractivity contribution < 1.29 is 27.9 Å². The first-order valence-electron chi connectivity index (χ1n) is 6.52. The summed E-state index contributed by atoms with van der Waals surface area (Å²) in [7, 11) is -4.08. The minimum atomic E-state index is -4.08. The minimum absolute atomic E-state index is 0.0186. The fourth-order valence-corrected chi connectivity index (χ4v) is 4.29. The predicted molar refractivity (Wildman–Crippen MR) is 80.4 cm³/mol. The fraction of sp³-hybridized carbons (Fsp3) is 0.417. The number of nitrogens with one attached hydrogen (secondary N) is 1. The number of primary sulfonamides is 1. The predicted octanol–water partition coefficient (Wildman–Crippen LogP) is -0.801. The van der Waals surface area contributed by atoms with Crippen LogP contribution in [0.25, 0.3) is 0 Å². The number of rotatable bonds is 4. The van der Waals surface area contributed by atoms with Crippen LogP contribution in [0.1, 0.15) is 23.7 Å². The van der Waals surface area contributed by atoms with E-state index in [0.717, 1.165) is 16.2 Å². The average Bonchev–Trinajstić information content (AvgIpc) is 3.02. The van der Waals surface area contributed by atoms with E-state index >= 15 is 0 Å². The number of carbonyl (C=O) groups is 3. The number of nitrogens with zero attached hydrogens (tertiary/aromatic N) is 1. The number of carboxylic acids is 1. The van der Waals surface area contributed by atoms with Crippen LogP contribution in [0.4, 0.5) is 0 Å². The Labute approximate surface area is 136 Å². The summed E-state index contributed by atoms with van der Waals surface area (Å²) >= 11 is 0.787. The molecule has 0 aliphatic carbocycles. The zero-order valence-corrected chi connectivity index (χ0v) is 13.7. The molecular weight excluding hydrogens is 346 g/mol. The van der Waals surface area contributed by atoms with Crippen LogP contribution in [-0.2, 0) is 19.6 Å². The maximum absolute atomic E-state index is 12.6. The lowest BCUT2D eigenvalue weighted by atomic mass is 10.1. The van der Waals surface area contributed by atoms with Crippen LogP contribution in [0.5, 0.6) is 0 Å². The molecule has 0 aromatic carbocycles. The van der Waals surface area contributed by atoms with Gasteiger partial charge < -0.3 is 15.3 Å². The number of aliphatic carboxylic acids is 1. The molecule has 2 atom stereocenters. The average molecular weight is 361 g/mol. The summed E-state index contributed by atoms with van der Waals surface area (Å²) in [6.07, 6.45) is 0.0511. The Hall–Kier alpha value is -1.98. The molecule has 1 aromatic heterocycles. The lowest BCUT2D eigenvalue weighted by Gasteiger charge is -2.21. The van der Waals surface area contributed by atoms with Crippen LogP contribution in [0.3, 0.4) is 0 Å². The zero-order chi connectivity index (χ0) is 17.4. The number of likely N-dealkylation sites (tertiary alicyclic amines) is 1. The van der Waals surface area contributed by atoms with E-state index in [1.165, 1.54) is 18.4 Å². The molecule has 1 saturated heterocycles. The number of carboxylic acid groups (broad SMARTS) is 1. The van der Waals surface area contributed by atoms with Crippen molar-refractivity contribution in [3.05, 3.63) is 17.0 Å². The summed E-state index contributed by atoms with van der Waals surface area (Å²) in [4.78, 5) is 36.1. The van der Waals surface area contributed by atoms with Gasteiger partial charge in [0, 0.05) is 25.9 Å². The Bertz CT molecular complexity index is 757. The van der Waals surface area contributed by atoms with Crippen LogP contribution in [0, 0.1) is 0 Å². The molecule has 4 N–H and O–H groups in total. The summed E-state index contributed by atoms with van der Waals surface area (Å²) < 4.78 is 22.7. The van der Waals surface area contributed by atoms with Gasteiger partial charge in [-0.15, -0.1) is 11.3 Å². The van der Waals surface area contributed by atoms with Gasteiger partial charge in [-0.25, -0.2) is 18.4 Å². The third-order valence-corrected chi connectivity index (χ3v) is 5.80. The standard InChI is InChI=1S/C12H15N3O6S2/c1-6(16)14-7-4-9(11(18)19)15(5-7)10(17)8-2-3-22-12(8)23(13,20)21/h2-3,7,9H,4-5H2,1H3,(H,14,16)(H,18,19)(H2,13,20,21)/t7-,9+/m1/s1. The Balaban J connectivity index is 2.32. The van der Waals surface area contributed by atoms with Gasteiger partial charge in [0.2, 0.25) is 15.9 Å². The Morgan fingerprint density at radius 1 is 1.43 bits per heavy atom. The molecule has 0 unspecified atom stereocenters. The maximum Gasteiger partial charge on any atom is 0.326 e. The highest BCUT2D eigenvalue weighted by atomic mass is 32.2. The fourth-order valence-electron chi connectivity index (χ4n) is 2.52. The second-order valence-electron chi connectivity index (χ2n) is 5.11. The van der Waals surface area contributed by atoms with Gasteiger partial charge in [0.1, 0.15) is 10.3 Å². The van der Waals surface area contributed by atoms with Gasteiger partial charge >= 0.3 is 5.97 Å². The van der Waals surface area contributed by atoms with Gasteiger partial charge in [-0.3, -0.25) is 9.59 Å². The zero-order valence-electron chi connectivity index (χ0n) is 12.1. The number of hydrogen-bond acceptors (Lipinski definition) is 6. The highest BCUT2D eigenvalue weighted by Crippen LogP contribution is 2.27. The second-order valence-corrected chi connectivity index (χ2v) is 7.78. The normalized spacial score (nSPS) is 21.2. The van der Waals surface area contributed by atoms with Crippen molar-refractivity contribution in [2.24, 2.45) is 5.14 Å². The van der Waals surface area contributed by atoms with Crippen LogP contribution in [0.2, 0.25) is 0 Å². The van der Waals surface area contributed by atoms with Crippen LogP contribution >= 0.6 is 11.3 Å². The molecule has 1 fully saturated rings. The first kappa shape index (κ1) is 17.4. The van der Waals surface area contributed by atoms with Crippen LogP contribution in [0.15, 0.2) is 15.7 Å². The van der Waals surface area contributed by atoms with E-state index in [4.69, 9.17) is 5.14 Å². The van der Waals surface area contributed by atoms with Gasteiger partial charge in [0.05, 0.1) is 5.56 Å². The summed E-state index contributed by atoms with van der Waals surface area (Å²) in [6.45, 7) is 1.27. The molecular formula is C12H15N3O6S2. The van der Waals surface area contributed by atoms with E-state index in [0.29, 0.717) is 0 Å². The first-order valence-corrected chi connectivity index (χ1v) is 8.95. The molecule has 0 saturated carbocycles. The lowest BCUT2D eigenvalue weighted by molar-refractivity contribution is -0.141. The molecule has 0 radical (unpaired) electrons. The topological polar surface area (TPSA) is 147 Å². The summed E-state index contributed by atoms with van der Waals surface area (Å²) in [5, 5.41) is 18.3. The molecule has 2 heterocycles. The van der Waals surface area contributed by atoms with Crippen LogP contribution in [-0.4, -0.2) is 54.8 Å². The number of hydrogen-bond donors (Lipinski definition) is 3. The van der Waals surface area contributed by atoms with Gasteiger partial charge in [-0.1, -0.05) is 0 Å². The molecule has 23 heavy (non-hydrogen) atoms. The number of nitrogens with two attached hydrogens (primary N) is 1. The van der Waals surface area contributed by atoms with E-state index in [9.17, 15) is 27.9 Å². The lowest BCUT2D eigenvalue weighted by Crippen LogP contribution is -2.41. The van der Waals surface area contributed by atoms with Crippen molar-refractivity contribution in [3.8, 4) is 0 Å². The molecule has 1 aliphatic heterocycles. The van der Waals surface area contributed by atoms with Gasteiger partial charge in [0.15, 0.2) is 0 Å². The number of sulfonamides is 1. The van der Waals surface area contributed by atoms with Crippen molar-refractivity contribution in [2.75, 3.05) is 6.54 Å². The molecule has 11 heteroatoms. The van der Waals surface area contributed by atoms with Crippen molar-refractivity contribution >= 4 is 39.1 Å². The molecule has 1 aromatic rings. The van der Waals surface area contributed by atoms with Crippen molar-refractivity contribution in [2.45, 2.75) is 29.6 Å². The monoisotopic (exact) mass is 361 g/mol. The van der Waals surface area contributed by atoms with E-state index < -0.39 is 34.0 Å². The smallest absolute Gasteiger partial charge is 0.326 e. The van der Waals surface area contributed by atoms with Crippen molar-refractivity contribution in [1.82, 2.24) is 10.2 Å². The third-order valence-electron chi connectivity index (χ3n) is 3.37. The first-order chi connectivity index (χ1) is 10.6. The van der Waals surface area contributed by atoms with E-state index in [2.05, 4.69) is 5.32 Å². The highest BCUT2D eigenvalue weighted by molar-refractivity contribution is 7.91. The largest absolute Gasteiger partial charge is 0.480 e. The highest BCUT2D eigenvalue weighted by Gasteiger charge is 2.41. The molecule has 0 spiro atoms. The van der Waals surface area contributed by atoms with Crippen LogP contribution < -0.4 is 10.5 Å². The van der Waals surface area contributed by atoms with E-state index in [1.807, 2.05) is 0 Å². The summed E-state index contributed by atoms with van der Waals surface area (Å²) in [6, 6.07) is -0.362. The molecule has 0 bridgehead atoms. The number of amides is 2. The van der Waals surface area contributed by atoms with Gasteiger partial charge in [-0.05, 0) is 11.4 Å². The molecule has 1 aliphatic rings. The summed E-state index contributed by atoms with van der Waals surface area (Å²) in [5.74, 6) is -2.30. The number of thiophene rings is 1. The van der Waals surface area contributed by atoms with Crippen molar-refractivity contribution in [1.29, 1.82) is 0 Å². The van der Waals surface area contributed by atoms with E-state index in [-0.39, 0.29) is 28.6 Å². The molecule has 2 rings (SSSR count). The number of carbonyl (C=O) groups excluding carboxylic acids is 2. The minimum Gasteiger partial charge on any atom is -0.480 e. The van der Waals surface area contributed by atoms with Gasteiger partial charge in [0.25, 0.3) is 5.91 Å². The third kappa shape index (κ3) is 3.68. The SMILES string of the molecule is CC(=O)N[C@@H]1C[C@@H](C(=O)O)N(C(=O)c2ccsc2S(N)(=O)=O)C1. The molecule has 126 valence electrons. The van der Waals surface area contributed by atoms with E-state index in [1.54, 1.807) is 0 Å². The molecule has 9 nitrogen and oxygen atoms in total. The maximum atomic E-state index is 12.6. The Kier molecular flexibility index (Phi) is 4.73. The van der Waals surface area contributed by atoms with Gasteiger partial charge in [-0.2, -0.15) is 0 Å².